The third-order valence-corrected chi connectivity index (χ3v) is 2.33. The van der Waals surface area contributed by atoms with Gasteiger partial charge in [0.25, 0.3) is 0 Å². The minimum Gasteiger partial charge on any atom is -0.383 e. The Morgan fingerprint density at radius 2 is 2.00 bits per heavy atom. The van der Waals surface area contributed by atoms with Gasteiger partial charge >= 0.3 is 0 Å². The summed E-state index contributed by atoms with van der Waals surface area (Å²) < 4.78 is 0. The predicted octanol–water partition coefficient (Wildman–Crippen LogP) is 1.31. The number of nitrogen functional groups attached to an aromatic ring is 2. The SMILES string of the molecule is C=CC(C)Sc1nc(N)cc(N)n1. The van der Waals surface area contributed by atoms with Gasteiger partial charge in [0.15, 0.2) is 5.16 Å². The van der Waals surface area contributed by atoms with Crippen molar-refractivity contribution in [3.05, 3.63) is 18.7 Å². The second kappa shape index (κ2) is 4.13. The normalized spacial score (nSPS) is 12.4. The Kier molecular flexibility index (Phi) is 3.13. The fraction of sp³-hybridized carbons (Fsp3) is 0.250. The van der Waals surface area contributed by atoms with Gasteiger partial charge < -0.3 is 11.5 Å². The first kappa shape index (κ1) is 9.85. The quantitative estimate of drug-likeness (QED) is 0.433. The molecule has 1 aromatic heterocycles. The van der Waals surface area contributed by atoms with Crippen LogP contribution in [0.15, 0.2) is 23.9 Å². The molecule has 5 heteroatoms. The number of aromatic nitrogens is 2. The molecule has 0 amide bonds. The zero-order valence-corrected chi connectivity index (χ0v) is 8.21. The van der Waals surface area contributed by atoms with E-state index in [1.165, 1.54) is 17.8 Å². The van der Waals surface area contributed by atoms with Crippen molar-refractivity contribution >= 4 is 23.4 Å². The Morgan fingerprint density at radius 1 is 1.46 bits per heavy atom. The molecule has 1 aromatic rings. The van der Waals surface area contributed by atoms with Crippen molar-refractivity contribution in [2.45, 2.75) is 17.3 Å². The molecule has 4 nitrogen and oxygen atoms in total. The van der Waals surface area contributed by atoms with Gasteiger partial charge in [-0.1, -0.05) is 17.8 Å². The Morgan fingerprint density at radius 3 is 2.46 bits per heavy atom. The second-order valence-corrected chi connectivity index (χ2v) is 3.90. The lowest BCUT2D eigenvalue weighted by Crippen LogP contribution is -2.01. The number of rotatable bonds is 3. The molecule has 0 radical (unpaired) electrons. The smallest absolute Gasteiger partial charge is 0.192 e. The molecule has 1 heterocycles. The van der Waals surface area contributed by atoms with Crippen LogP contribution in [0.3, 0.4) is 0 Å². The molecule has 70 valence electrons. The van der Waals surface area contributed by atoms with Gasteiger partial charge in [-0.15, -0.1) is 6.58 Å². The third-order valence-electron chi connectivity index (χ3n) is 1.37. The Hall–Kier alpha value is -1.23. The number of hydrogen-bond donors (Lipinski definition) is 2. The highest BCUT2D eigenvalue weighted by Gasteiger charge is 2.04. The summed E-state index contributed by atoms with van der Waals surface area (Å²) in [5, 5.41) is 0.839. The van der Waals surface area contributed by atoms with Gasteiger partial charge in [-0.25, -0.2) is 9.97 Å². The van der Waals surface area contributed by atoms with Crippen LogP contribution >= 0.6 is 11.8 Å². The summed E-state index contributed by atoms with van der Waals surface area (Å²) in [7, 11) is 0. The molecule has 1 rings (SSSR count). The van der Waals surface area contributed by atoms with E-state index in [2.05, 4.69) is 16.5 Å². The molecule has 1 atom stereocenters. The first-order valence-corrected chi connectivity index (χ1v) is 4.69. The Balaban J connectivity index is 2.82. The van der Waals surface area contributed by atoms with E-state index in [1.807, 2.05) is 13.0 Å². The molecule has 1 unspecified atom stereocenters. The van der Waals surface area contributed by atoms with E-state index in [-0.39, 0.29) is 5.25 Å². The van der Waals surface area contributed by atoms with Crippen LogP contribution in [0.25, 0.3) is 0 Å². The average molecular weight is 196 g/mol. The molecular weight excluding hydrogens is 184 g/mol. The van der Waals surface area contributed by atoms with E-state index < -0.39 is 0 Å². The Bertz CT molecular complexity index is 293. The van der Waals surface area contributed by atoms with Crippen molar-refractivity contribution in [3.63, 3.8) is 0 Å². The van der Waals surface area contributed by atoms with E-state index in [9.17, 15) is 0 Å². The van der Waals surface area contributed by atoms with Crippen molar-refractivity contribution in [2.75, 3.05) is 11.5 Å². The van der Waals surface area contributed by atoms with Crippen LogP contribution in [0.2, 0.25) is 0 Å². The van der Waals surface area contributed by atoms with Crippen LogP contribution in [0, 0.1) is 0 Å². The van der Waals surface area contributed by atoms with Crippen LogP contribution in [0.1, 0.15) is 6.92 Å². The molecule has 0 aromatic carbocycles. The standard InChI is InChI=1S/C8H12N4S/c1-3-5(2)13-8-11-6(9)4-7(10)12-8/h3-5H,1H2,2H3,(H4,9,10,11,12). The molecule has 0 saturated heterocycles. The van der Waals surface area contributed by atoms with Gasteiger partial charge in [0.05, 0.1) is 0 Å². The molecule has 0 fully saturated rings. The maximum Gasteiger partial charge on any atom is 0.192 e. The topological polar surface area (TPSA) is 77.8 Å². The van der Waals surface area contributed by atoms with E-state index in [0.29, 0.717) is 16.8 Å². The highest BCUT2D eigenvalue weighted by atomic mass is 32.2. The molecule has 0 saturated carbocycles. The lowest BCUT2D eigenvalue weighted by molar-refractivity contribution is 0.979. The van der Waals surface area contributed by atoms with Crippen molar-refractivity contribution < 1.29 is 0 Å². The minimum atomic E-state index is 0.251. The van der Waals surface area contributed by atoms with Gasteiger partial charge in [-0.2, -0.15) is 0 Å². The Labute approximate surface area is 81.4 Å². The van der Waals surface area contributed by atoms with Crippen molar-refractivity contribution in [3.8, 4) is 0 Å². The lowest BCUT2D eigenvalue weighted by atomic mass is 10.5. The first-order valence-electron chi connectivity index (χ1n) is 3.81. The summed E-state index contributed by atoms with van der Waals surface area (Å²) in [6, 6.07) is 1.53. The van der Waals surface area contributed by atoms with E-state index in [1.54, 1.807) is 0 Å². The maximum absolute atomic E-state index is 5.51. The fourth-order valence-corrected chi connectivity index (χ4v) is 1.47. The zero-order valence-electron chi connectivity index (χ0n) is 7.40. The fourth-order valence-electron chi connectivity index (χ4n) is 0.729. The predicted molar refractivity (Wildman–Crippen MR) is 56.4 cm³/mol. The van der Waals surface area contributed by atoms with Gasteiger partial charge in [0, 0.05) is 11.3 Å². The zero-order chi connectivity index (χ0) is 9.84. The van der Waals surface area contributed by atoms with Crippen molar-refractivity contribution in [1.29, 1.82) is 0 Å². The van der Waals surface area contributed by atoms with E-state index >= 15 is 0 Å². The molecule has 13 heavy (non-hydrogen) atoms. The number of nitrogens with two attached hydrogens (primary N) is 2. The molecular formula is C8H12N4S. The van der Waals surface area contributed by atoms with Crippen LogP contribution < -0.4 is 11.5 Å². The summed E-state index contributed by atoms with van der Waals surface area (Å²) in [5.41, 5.74) is 11.0. The monoisotopic (exact) mass is 196 g/mol. The molecule has 0 aliphatic rings. The molecule has 0 spiro atoms. The second-order valence-electron chi connectivity index (χ2n) is 2.56. The van der Waals surface area contributed by atoms with Gasteiger partial charge in [-0.05, 0) is 6.92 Å². The van der Waals surface area contributed by atoms with Gasteiger partial charge in [-0.3, -0.25) is 0 Å². The van der Waals surface area contributed by atoms with Crippen molar-refractivity contribution in [1.82, 2.24) is 9.97 Å². The van der Waals surface area contributed by atoms with Gasteiger partial charge in [0.2, 0.25) is 0 Å². The van der Waals surface area contributed by atoms with Gasteiger partial charge in [0.1, 0.15) is 11.6 Å². The third kappa shape index (κ3) is 2.95. The summed E-state index contributed by atoms with van der Waals surface area (Å²) in [4.78, 5) is 8.05. The highest BCUT2D eigenvalue weighted by Crippen LogP contribution is 2.21. The maximum atomic E-state index is 5.51. The molecule has 0 aliphatic heterocycles. The lowest BCUT2D eigenvalue weighted by Gasteiger charge is -2.04. The molecule has 0 bridgehead atoms. The van der Waals surface area contributed by atoms with E-state index in [4.69, 9.17) is 11.5 Å². The summed E-state index contributed by atoms with van der Waals surface area (Å²) in [6.45, 7) is 5.66. The number of thioether (sulfide) groups is 1. The van der Waals surface area contributed by atoms with Crippen LogP contribution in [0.5, 0.6) is 0 Å². The number of anilines is 2. The van der Waals surface area contributed by atoms with Crippen molar-refractivity contribution in [2.24, 2.45) is 0 Å². The van der Waals surface area contributed by atoms with Crippen LogP contribution in [-0.4, -0.2) is 15.2 Å². The number of hydrogen-bond acceptors (Lipinski definition) is 5. The summed E-state index contributed by atoms with van der Waals surface area (Å²) in [6.07, 6.45) is 1.81. The largest absolute Gasteiger partial charge is 0.383 e. The van der Waals surface area contributed by atoms with Crippen LogP contribution in [-0.2, 0) is 0 Å². The highest BCUT2D eigenvalue weighted by molar-refractivity contribution is 7.99. The summed E-state index contributed by atoms with van der Waals surface area (Å²) in [5.74, 6) is 0.789. The average Bonchev–Trinajstić information content (AvgIpc) is 2.02. The summed E-state index contributed by atoms with van der Waals surface area (Å²) >= 11 is 1.47. The number of nitrogens with zero attached hydrogens (tertiary/aromatic N) is 2. The van der Waals surface area contributed by atoms with Crippen LogP contribution in [0.4, 0.5) is 11.6 Å². The minimum absolute atomic E-state index is 0.251. The van der Waals surface area contributed by atoms with E-state index in [0.717, 1.165) is 0 Å². The first-order chi connectivity index (χ1) is 6.11. The molecule has 0 aliphatic carbocycles. The molecule has 4 N–H and O–H groups in total.